The molecule has 0 bridgehead atoms. The van der Waals surface area contributed by atoms with Gasteiger partial charge in [-0.3, -0.25) is 14.4 Å². The minimum atomic E-state index is -0.112. The van der Waals surface area contributed by atoms with Crippen LogP contribution in [-0.2, 0) is 9.59 Å². The summed E-state index contributed by atoms with van der Waals surface area (Å²) in [5.41, 5.74) is 0. The van der Waals surface area contributed by atoms with Crippen LogP contribution in [0.3, 0.4) is 0 Å². The van der Waals surface area contributed by atoms with Crippen LogP contribution < -0.4 is 10.6 Å². The Balaban J connectivity index is 1.62. The number of amides is 3. The fourth-order valence-corrected chi connectivity index (χ4v) is 3.10. The number of hydrogen-bond acceptors (Lipinski definition) is 4. The highest BCUT2D eigenvalue weighted by Crippen LogP contribution is 2.17. The first-order valence-electron chi connectivity index (χ1n) is 7.43. The van der Waals surface area contributed by atoms with Crippen LogP contribution >= 0.6 is 11.3 Å². The second-order valence-corrected chi connectivity index (χ2v) is 6.25. The molecule has 1 aromatic rings. The quantitative estimate of drug-likeness (QED) is 0.789. The van der Waals surface area contributed by atoms with Gasteiger partial charge in [-0.2, -0.15) is 0 Å². The first-order valence-corrected chi connectivity index (χ1v) is 8.31. The predicted molar refractivity (Wildman–Crippen MR) is 84.6 cm³/mol. The van der Waals surface area contributed by atoms with E-state index in [9.17, 15) is 14.4 Å². The van der Waals surface area contributed by atoms with Crippen molar-refractivity contribution in [3.05, 3.63) is 22.4 Å². The van der Waals surface area contributed by atoms with Crippen LogP contribution in [-0.4, -0.2) is 48.8 Å². The molecule has 3 amide bonds. The van der Waals surface area contributed by atoms with Crippen LogP contribution in [0.15, 0.2) is 17.5 Å². The van der Waals surface area contributed by atoms with Crippen molar-refractivity contribution in [2.24, 2.45) is 5.92 Å². The highest BCUT2D eigenvalue weighted by atomic mass is 32.1. The topological polar surface area (TPSA) is 78.5 Å². The fourth-order valence-electron chi connectivity index (χ4n) is 2.46. The lowest BCUT2D eigenvalue weighted by Crippen LogP contribution is -2.43. The number of thiophene rings is 1. The Morgan fingerprint density at radius 1 is 1.23 bits per heavy atom. The zero-order valence-corrected chi connectivity index (χ0v) is 13.4. The van der Waals surface area contributed by atoms with Gasteiger partial charge in [0.25, 0.3) is 5.91 Å². The summed E-state index contributed by atoms with van der Waals surface area (Å²) in [7, 11) is 0. The summed E-state index contributed by atoms with van der Waals surface area (Å²) in [6.45, 7) is 3.67. The molecule has 22 heavy (non-hydrogen) atoms. The van der Waals surface area contributed by atoms with Gasteiger partial charge in [0.05, 0.1) is 4.88 Å². The predicted octanol–water partition coefficient (Wildman–Crippen LogP) is 0.853. The molecule has 0 aromatic carbocycles. The monoisotopic (exact) mass is 323 g/mol. The number of nitrogens with one attached hydrogen (secondary N) is 2. The summed E-state index contributed by atoms with van der Waals surface area (Å²) < 4.78 is 0. The lowest BCUT2D eigenvalue weighted by atomic mass is 9.96. The summed E-state index contributed by atoms with van der Waals surface area (Å²) in [6.07, 6.45) is 1.40. The molecule has 1 aromatic heterocycles. The van der Waals surface area contributed by atoms with Gasteiger partial charge in [-0.1, -0.05) is 6.07 Å². The summed E-state index contributed by atoms with van der Waals surface area (Å²) in [6, 6.07) is 3.59. The standard InChI is InChI=1S/C15H21N3O3S/c1-11(19)18-8-4-12(5-9-18)14(20)16-6-7-17-15(21)13-3-2-10-22-13/h2-3,10,12H,4-9H2,1H3,(H,16,20)(H,17,21). The van der Waals surface area contributed by atoms with Gasteiger partial charge in [-0.25, -0.2) is 0 Å². The first-order chi connectivity index (χ1) is 10.6. The van der Waals surface area contributed by atoms with Gasteiger partial charge in [0.15, 0.2) is 0 Å². The van der Waals surface area contributed by atoms with Crippen LogP contribution in [0.2, 0.25) is 0 Å². The molecular weight excluding hydrogens is 302 g/mol. The molecule has 120 valence electrons. The third-order valence-corrected chi connectivity index (χ3v) is 4.63. The number of piperidine rings is 1. The van der Waals surface area contributed by atoms with E-state index in [1.54, 1.807) is 17.9 Å². The maximum Gasteiger partial charge on any atom is 0.261 e. The van der Waals surface area contributed by atoms with Crippen molar-refractivity contribution in [1.29, 1.82) is 0 Å². The van der Waals surface area contributed by atoms with E-state index in [-0.39, 0.29) is 23.6 Å². The Labute approximate surface area is 133 Å². The number of rotatable bonds is 5. The maximum absolute atomic E-state index is 12.0. The molecule has 6 nitrogen and oxygen atoms in total. The van der Waals surface area contributed by atoms with Crippen LogP contribution in [0.5, 0.6) is 0 Å². The number of likely N-dealkylation sites (tertiary alicyclic amines) is 1. The summed E-state index contributed by atoms with van der Waals surface area (Å²) in [5.74, 6) is -0.0775. The van der Waals surface area contributed by atoms with Gasteiger partial charge in [0.1, 0.15) is 0 Å². The van der Waals surface area contributed by atoms with Crippen molar-refractivity contribution in [2.45, 2.75) is 19.8 Å². The molecule has 0 radical (unpaired) electrons. The molecule has 2 rings (SSSR count). The van der Waals surface area contributed by atoms with Crippen LogP contribution in [0.1, 0.15) is 29.4 Å². The van der Waals surface area contributed by atoms with Gasteiger partial charge < -0.3 is 15.5 Å². The van der Waals surface area contributed by atoms with E-state index in [2.05, 4.69) is 10.6 Å². The molecule has 0 saturated carbocycles. The molecule has 0 spiro atoms. The van der Waals surface area contributed by atoms with E-state index in [1.807, 2.05) is 11.4 Å². The van der Waals surface area contributed by atoms with E-state index in [0.717, 1.165) is 0 Å². The Morgan fingerprint density at radius 2 is 1.91 bits per heavy atom. The molecule has 0 unspecified atom stereocenters. The molecule has 2 N–H and O–H groups in total. The molecule has 0 atom stereocenters. The smallest absolute Gasteiger partial charge is 0.261 e. The molecule has 0 aliphatic carbocycles. The Kier molecular flexibility index (Phi) is 5.94. The third-order valence-electron chi connectivity index (χ3n) is 3.77. The van der Waals surface area contributed by atoms with Gasteiger partial charge >= 0.3 is 0 Å². The number of nitrogens with zero attached hydrogens (tertiary/aromatic N) is 1. The van der Waals surface area contributed by atoms with Crippen molar-refractivity contribution in [3.8, 4) is 0 Å². The lowest BCUT2D eigenvalue weighted by molar-refractivity contribution is -0.133. The van der Waals surface area contributed by atoms with E-state index in [1.165, 1.54) is 11.3 Å². The molecule has 1 aliphatic rings. The van der Waals surface area contributed by atoms with E-state index >= 15 is 0 Å². The van der Waals surface area contributed by atoms with Crippen molar-refractivity contribution >= 4 is 29.1 Å². The van der Waals surface area contributed by atoms with Gasteiger partial charge in [-0.05, 0) is 24.3 Å². The Bertz CT molecular complexity index is 522. The van der Waals surface area contributed by atoms with Crippen LogP contribution in [0.25, 0.3) is 0 Å². The SMILES string of the molecule is CC(=O)N1CCC(C(=O)NCCNC(=O)c2cccs2)CC1. The van der Waals surface area contributed by atoms with Crippen LogP contribution in [0.4, 0.5) is 0 Å². The van der Waals surface area contributed by atoms with Crippen molar-refractivity contribution in [1.82, 2.24) is 15.5 Å². The van der Waals surface area contributed by atoms with E-state index in [0.29, 0.717) is 43.9 Å². The second kappa shape index (κ2) is 7.93. The largest absolute Gasteiger partial charge is 0.354 e. The number of hydrogen-bond donors (Lipinski definition) is 2. The molecule has 1 aliphatic heterocycles. The highest BCUT2D eigenvalue weighted by molar-refractivity contribution is 7.12. The van der Waals surface area contributed by atoms with Crippen LogP contribution in [0, 0.1) is 5.92 Å². The van der Waals surface area contributed by atoms with E-state index in [4.69, 9.17) is 0 Å². The number of carbonyl (C=O) groups excluding carboxylic acids is 3. The fraction of sp³-hybridized carbons (Fsp3) is 0.533. The highest BCUT2D eigenvalue weighted by Gasteiger charge is 2.25. The molecule has 1 fully saturated rings. The van der Waals surface area contributed by atoms with Gasteiger partial charge in [0, 0.05) is 39.0 Å². The molecular formula is C15H21N3O3S. The summed E-state index contributed by atoms with van der Waals surface area (Å²) in [5, 5.41) is 7.46. The van der Waals surface area contributed by atoms with Crippen molar-refractivity contribution in [3.63, 3.8) is 0 Å². The zero-order chi connectivity index (χ0) is 15.9. The lowest BCUT2D eigenvalue weighted by Gasteiger charge is -2.30. The molecule has 1 saturated heterocycles. The van der Waals surface area contributed by atoms with E-state index < -0.39 is 0 Å². The van der Waals surface area contributed by atoms with Crippen molar-refractivity contribution in [2.75, 3.05) is 26.2 Å². The summed E-state index contributed by atoms with van der Waals surface area (Å²) in [4.78, 5) is 37.4. The average Bonchev–Trinajstić information content (AvgIpc) is 3.05. The third kappa shape index (κ3) is 4.56. The summed E-state index contributed by atoms with van der Waals surface area (Å²) >= 11 is 1.39. The maximum atomic E-state index is 12.0. The van der Waals surface area contributed by atoms with Gasteiger partial charge in [-0.15, -0.1) is 11.3 Å². The minimum absolute atomic E-state index is 0.00794. The Hall–Kier alpha value is -1.89. The second-order valence-electron chi connectivity index (χ2n) is 5.30. The van der Waals surface area contributed by atoms with Crippen molar-refractivity contribution < 1.29 is 14.4 Å². The van der Waals surface area contributed by atoms with Gasteiger partial charge in [0.2, 0.25) is 11.8 Å². The normalized spacial score (nSPS) is 15.4. The number of carbonyl (C=O) groups is 3. The molecule has 7 heteroatoms. The Morgan fingerprint density at radius 3 is 2.50 bits per heavy atom. The first kappa shape index (κ1) is 16.5. The minimum Gasteiger partial charge on any atom is -0.354 e. The zero-order valence-electron chi connectivity index (χ0n) is 12.6. The molecule has 2 heterocycles. The average molecular weight is 323 g/mol.